The number of hydrogen-bond acceptors (Lipinski definition) is 2. The van der Waals surface area contributed by atoms with Gasteiger partial charge in [-0.05, 0) is 36.1 Å². The molecule has 0 spiro atoms. The number of para-hydroxylation sites is 1. The van der Waals surface area contributed by atoms with Crippen molar-refractivity contribution in [1.82, 2.24) is 0 Å². The normalized spacial score (nSPS) is 11.4. The number of ether oxygens (including phenoxy) is 1. The molecule has 2 N–H and O–H groups in total. The lowest BCUT2D eigenvalue weighted by atomic mass is 9.86. The minimum atomic E-state index is 0.0369. The van der Waals surface area contributed by atoms with Crippen molar-refractivity contribution in [3.05, 3.63) is 53.6 Å². The van der Waals surface area contributed by atoms with Gasteiger partial charge in [0, 0.05) is 5.56 Å². The summed E-state index contributed by atoms with van der Waals surface area (Å²) >= 11 is 0. The predicted molar refractivity (Wildman–Crippen MR) is 80.8 cm³/mol. The smallest absolute Gasteiger partial charge is 0.150 e. The van der Waals surface area contributed by atoms with Crippen LogP contribution in [0.2, 0.25) is 0 Å². The van der Waals surface area contributed by atoms with Crippen molar-refractivity contribution >= 4 is 5.69 Å². The Morgan fingerprint density at radius 1 is 0.947 bits per heavy atom. The summed E-state index contributed by atoms with van der Waals surface area (Å²) in [6.07, 6.45) is 0. The Morgan fingerprint density at radius 3 is 2.32 bits per heavy atom. The Hall–Kier alpha value is -1.96. The molecule has 0 atom stereocenters. The van der Waals surface area contributed by atoms with Crippen LogP contribution in [-0.2, 0) is 5.41 Å². The van der Waals surface area contributed by atoms with E-state index in [-0.39, 0.29) is 5.41 Å². The number of nitrogen functional groups attached to an aromatic ring is 1. The molecular formula is C17H21NO. The maximum absolute atomic E-state index is 6.02. The molecule has 2 aromatic carbocycles. The van der Waals surface area contributed by atoms with E-state index >= 15 is 0 Å². The number of hydrogen-bond donors (Lipinski definition) is 1. The van der Waals surface area contributed by atoms with Crippen molar-refractivity contribution in [1.29, 1.82) is 0 Å². The summed E-state index contributed by atoms with van der Waals surface area (Å²) in [5.41, 5.74) is 8.98. The number of nitrogens with two attached hydrogens (primary N) is 1. The minimum Gasteiger partial charge on any atom is -0.455 e. The van der Waals surface area contributed by atoms with Crippen molar-refractivity contribution in [2.75, 3.05) is 5.73 Å². The van der Waals surface area contributed by atoms with E-state index < -0.39 is 0 Å². The Kier molecular flexibility index (Phi) is 3.52. The van der Waals surface area contributed by atoms with Crippen LogP contribution in [-0.4, -0.2) is 0 Å². The summed E-state index contributed by atoms with van der Waals surface area (Å²) in [5, 5.41) is 0. The summed E-state index contributed by atoms with van der Waals surface area (Å²) in [4.78, 5) is 0. The summed E-state index contributed by atoms with van der Waals surface area (Å²) in [6, 6.07) is 13.9. The van der Waals surface area contributed by atoms with Gasteiger partial charge in [0.2, 0.25) is 0 Å². The van der Waals surface area contributed by atoms with Crippen molar-refractivity contribution in [3.63, 3.8) is 0 Å². The van der Waals surface area contributed by atoms with Gasteiger partial charge in [-0.2, -0.15) is 0 Å². The van der Waals surface area contributed by atoms with Gasteiger partial charge in [-0.1, -0.05) is 45.0 Å². The maximum atomic E-state index is 6.02. The minimum absolute atomic E-state index is 0.0369. The first-order chi connectivity index (χ1) is 8.88. The van der Waals surface area contributed by atoms with Gasteiger partial charge in [0.05, 0.1) is 5.69 Å². The molecule has 19 heavy (non-hydrogen) atoms. The number of rotatable bonds is 2. The fourth-order valence-electron chi connectivity index (χ4n) is 2.02. The average Bonchev–Trinajstić information content (AvgIpc) is 2.33. The highest BCUT2D eigenvalue weighted by atomic mass is 16.5. The summed E-state index contributed by atoms with van der Waals surface area (Å²) < 4.78 is 6.02. The van der Waals surface area contributed by atoms with Gasteiger partial charge in [0.25, 0.3) is 0 Å². The van der Waals surface area contributed by atoms with Crippen molar-refractivity contribution in [2.24, 2.45) is 0 Å². The first-order valence-electron chi connectivity index (χ1n) is 6.51. The number of benzene rings is 2. The Bertz CT molecular complexity index is 582. The highest BCUT2D eigenvalue weighted by molar-refractivity contribution is 5.56. The highest BCUT2D eigenvalue weighted by Crippen LogP contribution is 2.35. The van der Waals surface area contributed by atoms with Gasteiger partial charge in [-0.3, -0.25) is 0 Å². The van der Waals surface area contributed by atoms with Crippen LogP contribution in [0.4, 0.5) is 5.69 Å². The van der Waals surface area contributed by atoms with Gasteiger partial charge in [0.1, 0.15) is 5.75 Å². The van der Waals surface area contributed by atoms with E-state index in [1.54, 1.807) is 0 Å². The molecular weight excluding hydrogens is 234 g/mol. The van der Waals surface area contributed by atoms with Crippen LogP contribution in [0.25, 0.3) is 0 Å². The molecule has 0 aliphatic carbocycles. The zero-order valence-corrected chi connectivity index (χ0v) is 12.0. The summed E-state index contributed by atoms with van der Waals surface area (Å²) in [6.45, 7) is 8.56. The van der Waals surface area contributed by atoms with E-state index in [9.17, 15) is 0 Å². The molecule has 0 saturated heterocycles. The molecule has 0 aliphatic rings. The van der Waals surface area contributed by atoms with E-state index in [1.165, 1.54) is 5.56 Å². The lowest BCUT2D eigenvalue weighted by Gasteiger charge is -2.23. The zero-order valence-electron chi connectivity index (χ0n) is 12.0. The molecule has 0 fully saturated rings. The van der Waals surface area contributed by atoms with E-state index in [4.69, 9.17) is 10.5 Å². The zero-order chi connectivity index (χ0) is 14.0. The van der Waals surface area contributed by atoms with Gasteiger partial charge in [0.15, 0.2) is 5.75 Å². The van der Waals surface area contributed by atoms with Crippen molar-refractivity contribution in [3.8, 4) is 11.5 Å². The van der Waals surface area contributed by atoms with E-state index in [1.807, 2.05) is 43.3 Å². The van der Waals surface area contributed by atoms with Crippen LogP contribution in [0.1, 0.15) is 31.9 Å². The molecule has 0 aliphatic heterocycles. The molecule has 0 radical (unpaired) electrons. The summed E-state index contributed by atoms with van der Waals surface area (Å²) in [5.74, 6) is 1.59. The second-order valence-corrected chi connectivity index (χ2v) is 5.89. The maximum Gasteiger partial charge on any atom is 0.150 e. The topological polar surface area (TPSA) is 35.2 Å². The van der Waals surface area contributed by atoms with Crippen LogP contribution in [0, 0.1) is 6.92 Å². The summed E-state index contributed by atoms with van der Waals surface area (Å²) in [7, 11) is 0. The van der Waals surface area contributed by atoms with Gasteiger partial charge in [-0.15, -0.1) is 0 Å². The molecule has 0 unspecified atom stereocenters. The SMILES string of the molecule is Cc1ccc(N)c(Oc2ccccc2C(C)(C)C)c1. The van der Waals surface area contributed by atoms with Gasteiger partial charge in [-0.25, -0.2) is 0 Å². The Balaban J connectivity index is 2.41. The molecule has 2 heteroatoms. The van der Waals surface area contributed by atoms with Crippen molar-refractivity contribution in [2.45, 2.75) is 33.1 Å². The molecule has 2 nitrogen and oxygen atoms in total. The number of aryl methyl sites for hydroxylation is 1. The van der Waals surface area contributed by atoms with Crippen LogP contribution < -0.4 is 10.5 Å². The standard InChI is InChI=1S/C17H21NO/c1-12-9-10-14(18)16(11-12)19-15-8-6-5-7-13(15)17(2,3)4/h5-11H,18H2,1-4H3. The van der Waals surface area contributed by atoms with E-state index in [0.717, 1.165) is 17.1 Å². The quantitative estimate of drug-likeness (QED) is 0.792. The largest absolute Gasteiger partial charge is 0.455 e. The third kappa shape index (κ3) is 3.08. The molecule has 0 aromatic heterocycles. The van der Waals surface area contributed by atoms with Crippen LogP contribution >= 0.6 is 0 Å². The van der Waals surface area contributed by atoms with Gasteiger partial charge >= 0.3 is 0 Å². The molecule has 2 aromatic rings. The van der Waals surface area contributed by atoms with Crippen LogP contribution in [0.15, 0.2) is 42.5 Å². The van der Waals surface area contributed by atoms with E-state index in [0.29, 0.717) is 5.69 Å². The molecule has 2 rings (SSSR count). The first-order valence-corrected chi connectivity index (χ1v) is 6.51. The van der Waals surface area contributed by atoms with Gasteiger partial charge < -0.3 is 10.5 Å². The number of anilines is 1. The monoisotopic (exact) mass is 255 g/mol. The molecule has 100 valence electrons. The molecule has 0 saturated carbocycles. The Morgan fingerprint density at radius 2 is 1.63 bits per heavy atom. The molecule has 0 amide bonds. The third-order valence-corrected chi connectivity index (χ3v) is 3.08. The third-order valence-electron chi connectivity index (χ3n) is 3.08. The fourth-order valence-corrected chi connectivity index (χ4v) is 2.02. The van der Waals surface area contributed by atoms with Crippen LogP contribution in [0.5, 0.6) is 11.5 Å². The van der Waals surface area contributed by atoms with E-state index in [2.05, 4.69) is 26.8 Å². The van der Waals surface area contributed by atoms with Crippen molar-refractivity contribution < 1.29 is 4.74 Å². The van der Waals surface area contributed by atoms with Crippen LogP contribution in [0.3, 0.4) is 0 Å². The first kappa shape index (κ1) is 13.5. The molecule has 0 heterocycles. The fraction of sp³-hybridized carbons (Fsp3) is 0.294. The second kappa shape index (κ2) is 4.96. The second-order valence-electron chi connectivity index (χ2n) is 5.89. The Labute approximate surface area is 115 Å². The average molecular weight is 255 g/mol. The molecule has 0 bridgehead atoms. The predicted octanol–water partition coefficient (Wildman–Crippen LogP) is 4.67. The highest BCUT2D eigenvalue weighted by Gasteiger charge is 2.19. The lowest BCUT2D eigenvalue weighted by Crippen LogP contribution is -2.12. The lowest BCUT2D eigenvalue weighted by molar-refractivity contribution is 0.457.